The average molecular weight is 162 g/mol. The van der Waals surface area contributed by atoms with Gasteiger partial charge in [0.15, 0.2) is 0 Å². The molecule has 0 fully saturated rings. The number of hydrogen-bond acceptors (Lipinski definition) is 3. The van der Waals surface area contributed by atoms with Crippen molar-refractivity contribution in [2.24, 2.45) is 5.41 Å². The summed E-state index contributed by atoms with van der Waals surface area (Å²) >= 11 is 0. The number of hydrogen-bond donors (Lipinski definition) is 1. The summed E-state index contributed by atoms with van der Waals surface area (Å²) in [5, 5.41) is 8.40. The number of nitrogens with zero attached hydrogens (tertiary/aromatic N) is 1. The van der Waals surface area contributed by atoms with Crippen molar-refractivity contribution in [2.75, 3.05) is 6.61 Å². The predicted octanol–water partition coefficient (Wildman–Crippen LogP) is 1.20. The zero-order valence-electron chi connectivity index (χ0n) is 5.87. The van der Waals surface area contributed by atoms with Crippen molar-refractivity contribution in [2.45, 2.75) is 13.8 Å². The van der Waals surface area contributed by atoms with E-state index >= 15 is 0 Å². The summed E-state index contributed by atoms with van der Waals surface area (Å²) in [5.41, 5.74) is -0.687. The fourth-order valence-corrected chi connectivity index (χ4v) is 0.682. The van der Waals surface area contributed by atoms with Gasteiger partial charge in [-0.05, 0) is 13.8 Å². The smallest absolute Gasteiger partial charge is 0.198 e. The lowest BCUT2D eigenvalue weighted by Gasteiger charge is -2.07. The third-order valence-corrected chi connectivity index (χ3v) is 1.19. The molecule has 0 aliphatic carbocycles. The second kappa shape index (κ2) is 3.62. The molecule has 0 saturated carbocycles. The monoisotopic (exact) mass is 162 g/mol. The van der Waals surface area contributed by atoms with Crippen molar-refractivity contribution in [3.05, 3.63) is 0 Å². The molecule has 10 heavy (non-hydrogen) atoms. The van der Waals surface area contributed by atoms with Crippen LogP contribution in [0.2, 0.25) is 0 Å². The molecule has 0 heterocycles. The molecule has 0 amide bonds. The first kappa shape index (κ1) is 9.51. The van der Waals surface area contributed by atoms with Gasteiger partial charge in [-0.2, -0.15) is 5.26 Å². The standard InChI is InChI=1S/C5H8NO3P/c1-5(2,3-6)4-9-10(7)8/h4H2,1-2H3/p+1. The topological polar surface area (TPSA) is 70.3 Å². The Labute approximate surface area is 60.4 Å². The summed E-state index contributed by atoms with van der Waals surface area (Å²) in [4.78, 5) is 8.19. The molecule has 0 aromatic rings. The molecule has 1 N–H and O–H groups in total. The second-order valence-corrected chi connectivity index (χ2v) is 3.24. The molecule has 5 heteroatoms. The first-order valence-electron chi connectivity index (χ1n) is 2.68. The third kappa shape index (κ3) is 4.39. The quantitative estimate of drug-likeness (QED) is 0.633. The Balaban J connectivity index is 3.71. The van der Waals surface area contributed by atoms with Crippen LogP contribution >= 0.6 is 8.25 Å². The van der Waals surface area contributed by atoms with E-state index in [0.29, 0.717) is 0 Å². The Kier molecular flexibility index (Phi) is 3.45. The zero-order chi connectivity index (χ0) is 8.20. The normalized spacial score (nSPS) is 12.4. The maximum atomic E-state index is 9.98. The lowest BCUT2D eigenvalue weighted by Crippen LogP contribution is -2.14. The van der Waals surface area contributed by atoms with E-state index in [1.54, 1.807) is 13.8 Å². The maximum absolute atomic E-state index is 9.98. The molecule has 0 aromatic heterocycles. The Morgan fingerprint density at radius 2 is 2.30 bits per heavy atom. The van der Waals surface area contributed by atoms with E-state index in [1.807, 2.05) is 6.07 Å². The summed E-state index contributed by atoms with van der Waals surface area (Å²) in [6, 6.07) is 1.93. The van der Waals surface area contributed by atoms with Crippen LogP contribution < -0.4 is 0 Å². The van der Waals surface area contributed by atoms with Gasteiger partial charge in [0.2, 0.25) is 0 Å². The van der Waals surface area contributed by atoms with Gasteiger partial charge in [0.25, 0.3) is 0 Å². The lowest BCUT2D eigenvalue weighted by molar-refractivity contribution is 0.212. The molecule has 1 unspecified atom stereocenters. The van der Waals surface area contributed by atoms with Gasteiger partial charge in [-0.15, -0.1) is 9.42 Å². The molecule has 0 saturated heterocycles. The van der Waals surface area contributed by atoms with Gasteiger partial charge in [-0.1, -0.05) is 0 Å². The van der Waals surface area contributed by atoms with Gasteiger partial charge in [0.1, 0.15) is 6.61 Å². The molecule has 0 bridgehead atoms. The van der Waals surface area contributed by atoms with E-state index in [9.17, 15) is 4.57 Å². The third-order valence-electron chi connectivity index (χ3n) is 0.838. The van der Waals surface area contributed by atoms with Crippen LogP contribution in [0.3, 0.4) is 0 Å². The molecule has 0 radical (unpaired) electrons. The van der Waals surface area contributed by atoms with E-state index in [0.717, 1.165) is 0 Å². The van der Waals surface area contributed by atoms with E-state index in [-0.39, 0.29) is 6.61 Å². The van der Waals surface area contributed by atoms with E-state index < -0.39 is 13.7 Å². The van der Waals surface area contributed by atoms with Gasteiger partial charge < -0.3 is 0 Å². The highest BCUT2D eigenvalue weighted by atomic mass is 31.1. The zero-order valence-corrected chi connectivity index (χ0v) is 6.76. The van der Waals surface area contributed by atoms with Crippen LogP contribution in [-0.4, -0.2) is 11.5 Å². The molecule has 0 aliphatic heterocycles. The Bertz CT molecular complexity index is 172. The number of rotatable bonds is 3. The van der Waals surface area contributed by atoms with E-state index in [4.69, 9.17) is 10.2 Å². The highest BCUT2D eigenvalue weighted by Gasteiger charge is 2.24. The minimum atomic E-state index is -2.57. The van der Waals surface area contributed by atoms with Gasteiger partial charge >= 0.3 is 8.25 Å². The lowest BCUT2D eigenvalue weighted by atomic mass is 9.98. The average Bonchev–Trinajstić information content (AvgIpc) is 1.85. The van der Waals surface area contributed by atoms with Gasteiger partial charge in [0.05, 0.1) is 11.5 Å². The fraction of sp³-hybridized carbons (Fsp3) is 0.800. The minimum absolute atomic E-state index is 0.0186. The van der Waals surface area contributed by atoms with Crippen molar-refractivity contribution in [3.63, 3.8) is 0 Å². The van der Waals surface area contributed by atoms with Gasteiger partial charge in [-0.3, -0.25) is 0 Å². The fourth-order valence-electron chi connectivity index (χ4n) is 0.249. The Morgan fingerprint density at radius 1 is 1.80 bits per heavy atom. The van der Waals surface area contributed by atoms with Crippen molar-refractivity contribution >= 4 is 8.25 Å². The molecule has 0 aliphatic rings. The summed E-state index contributed by atoms with van der Waals surface area (Å²) in [7, 11) is -2.57. The van der Waals surface area contributed by atoms with Crippen molar-refractivity contribution in [1.82, 2.24) is 0 Å². The van der Waals surface area contributed by atoms with Crippen molar-refractivity contribution in [3.8, 4) is 6.07 Å². The van der Waals surface area contributed by atoms with Gasteiger partial charge in [0, 0.05) is 4.57 Å². The molecule has 4 nitrogen and oxygen atoms in total. The molecular weight excluding hydrogens is 153 g/mol. The molecule has 0 rings (SSSR count). The highest BCUT2D eigenvalue weighted by molar-refractivity contribution is 7.32. The predicted molar refractivity (Wildman–Crippen MR) is 35.2 cm³/mol. The van der Waals surface area contributed by atoms with E-state index in [1.165, 1.54) is 0 Å². The van der Waals surface area contributed by atoms with Gasteiger partial charge in [-0.25, -0.2) is 0 Å². The molecule has 56 valence electrons. The largest absolute Gasteiger partial charge is 0.694 e. The molecule has 0 spiro atoms. The first-order chi connectivity index (χ1) is 4.48. The second-order valence-electron chi connectivity index (χ2n) is 2.51. The highest BCUT2D eigenvalue weighted by Crippen LogP contribution is 2.22. The Hall–Kier alpha value is -0.490. The van der Waals surface area contributed by atoms with Crippen LogP contribution in [0, 0.1) is 16.7 Å². The summed E-state index contributed by atoms with van der Waals surface area (Å²) in [6.45, 7) is 3.24. The molecule has 0 aromatic carbocycles. The van der Waals surface area contributed by atoms with Crippen molar-refractivity contribution in [1.29, 1.82) is 5.26 Å². The van der Waals surface area contributed by atoms with Crippen LogP contribution in [0.5, 0.6) is 0 Å². The van der Waals surface area contributed by atoms with E-state index in [2.05, 4.69) is 4.52 Å². The van der Waals surface area contributed by atoms with Crippen LogP contribution in [0.4, 0.5) is 0 Å². The van der Waals surface area contributed by atoms with Crippen molar-refractivity contribution < 1.29 is 14.0 Å². The van der Waals surface area contributed by atoms with Crippen LogP contribution in [0.25, 0.3) is 0 Å². The number of nitriles is 1. The van der Waals surface area contributed by atoms with Crippen LogP contribution in [-0.2, 0) is 9.09 Å². The molecule has 1 atom stereocenters. The molecular formula is C5H9NO3P+. The van der Waals surface area contributed by atoms with Crippen LogP contribution in [0.1, 0.15) is 13.8 Å². The first-order valence-corrected chi connectivity index (χ1v) is 3.81. The van der Waals surface area contributed by atoms with Crippen LogP contribution in [0.15, 0.2) is 0 Å². The minimum Gasteiger partial charge on any atom is -0.198 e. The Morgan fingerprint density at radius 3 is 2.60 bits per heavy atom. The summed E-state index contributed by atoms with van der Waals surface area (Å²) < 4.78 is 14.3. The summed E-state index contributed by atoms with van der Waals surface area (Å²) in [5.74, 6) is 0. The summed E-state index contributed by atoms with van der Waals surface area (Å²) in [6.07, 6.45) is 0. The maximum Gasteiger partial charge on any atom is 0.694 e. The SMILES string of the molecule is CC(C)(C#N)CO[P+](=O)O.